The van der Waals surface area contributed by atoms with Crippen molar-refractivity contribution in [2.24, 2.45) is 5.73 Å². The molecule has 0 aliphatic carbocycles. The van der Waals surface area contributed by atoms with E-state index >= 15 is 0 Å². The Bertz CT molecular complexity index is 574. The van der Waals surface area contributed by atoms with Crippen LogP contribution in [0.15, 0.2) is 35.7 Å². The van der Waals surface area contributed by atoms with E-state index < -0.39 is 0 Å². The topological polar surface area (TPSA) is 68.0 Å². The van der Waals surface area contributed by atoms with E-state index in [1.807, 2.05) is 6.07 Å². The molecule has 0 aliphatic heterocycles. The smallest absolute Gasteiger partial charge is 0.270 e. The Morgan fingerprint density at radius 1 is 1.13 bits per heavy atom. The number of unbranched alkanes of at least 4 members (excludes halogenated alkanes) is 2. The highest BCUT2D eigenvalue weighted by atomic mass is 35.5. The normalized spacial score (nSPS) is 10.1. The summed E-state index contributed by atoms with van der Waals surface area (Å²) in [6, 6.07) is 10.5. The second-order valence-corrected chi connectivity index (χ2v) is 6.16. The van der Waals surface area contributed by atoms with Gasteiger partial charge in [-0.3, -0.25) is 4.79 Å². The largest absolute Gasteiger partial charge is 0.351 e. The van der Waals surface area contributed by atoms with Crippen molar-refractivity contribution in [3.63, 3.8) is 0 Å². The molecular formula is C17H24ClN3OS. The molecular weight excluding hydrogens is 330 g/mol. The lowest BCUT2D eigenvalue weighted by molar-refractivity contribution is 0.0948. The van der Waals surface area contributed by atoms with Crippen molar-refractivity contribution in [2.75, 3.05) is 13.1 Å². The number of nitrogens with two attached hydrogens (primary N) is 1. The van der Waals surface area contributed by atoms with E-state index in [2.05, 4.69) is 34.6 Å². The van der Waals surface area contributed by atoms with Crippen molar-refractivity contribution < 1.29 is 4.79 Å². The molecule has 0 saturated heterocycles. The molecule has 1 aromatic heterocycles. The number of hydrogen-bond donors (Lipinski definition) is 2. The third-order valence-corrected chi connectivity index (χ3v) is 4.32. The van der Waals surface area contributed by atoms with Gasteiger partial charge < -0.3 is 11.1 Å². The van der Waals surface area contributed by atoms with E-state index in [9.17, 15) is 4.79 Å². The minimum absolute atomic E-state index is 0. The first-order valence-electron chi connectivity index (χ1n) is 7.76. The van der Waals surface area contributed by atoms with E-state index in [1.54, 1.807) is 5.38 Å². The molecule has 2 aromatic rings. The molecule has 0 aliphatic rings. The number of nitrogens with one attached hydrogen (secondary N) is 1. The molecule has 126 valence electrons. The van der Waals surface area contributed by atoms with Crippen LogP contribution in [0.25, 0.3) is 0 Å². The van der Waals surface area contributed by atoms with Gasteiger partial charge in [0.1, 0.15) is 5.69 Å². The molecule has 4 nitrogen and oxygen atoms in total. The highest BCUT2D eigenvalue weighted by Gasteiger charge is 2.09. The number of amides is 1. The average molecular weight is 354 g/mol. The van der Waals surface area contributed by atoms with Crippen LogP contribution in [-0.2, 0) is 12.8 Å². The van der Waals surface area contributed by atoms with Crippen LogP contribution in [0.5, 0.6) is 0 Å². The lowest BCUT2D eigenvalue weighted by Gasteiger charge is -2.04. The van der Waals surface area contributed by atoms with Gasteiger partial charge in [0.05, 0.1) is 5.01 Å². The van der Waals surface area contributed by atoms with Gasteiger partial charge in [0, 0.05) is 18.3 Å². The number of nitrogens with zero attached hydrogens (tertiary/aromatic N) is 1. The predicted molar refractivity (Wildman–Crippen MR) is 98.5 cm³/mol. The van der Waals surface area contributed by atoms with Gasteiger partial charge in [-0.25, -0.2) is 4.98 Å². The first-order valence-corrected chi connectivity index (χ1v) is 8.64. The summed E-state index contributed by atoms with van der Waals surface area (Å²) in [5, 5.41) is 5.65. The number of aryl methyl sites for hydroxylation is 1. The highest BCUT2D eigenvalue weighted by Crippen LogP contribution is 2.10. The fourth-order valence-electron chi connectivity index (χ4n) is 2.22. The summed E-state index contributed by atoms with van der Waals surface area (Å²) in [5.41, 5.74) is 7.37. The van der Waals surface area contributed by atoms with E-state index in [0.29, 0.717) is 18.8 Å². The summed E-state index contributed by atoms with van der Waals surface area (Å²) in [4.78, 5) is 16.2. The number of aromatic nitrogens is 1. The maximum absolute atomic E-state index is 11.9. The summed E-state index contributed by atoms with van der Waals surface area (Å²) in [6.45, 7) is 1.27. The van der Waals surface area contributed by atoms with Gasteiger partial charge in [0.25, 0.3) is 5.91 Å². The second kappa shape index (κ2) is 11.2. The molecule has 0 atom stereocenters. The Morgan fingerprint density at radius 2 is 1.91 bits per heavy atom. The number of benzene rings is 1. The minimum atomic E-state index is -0.0809. The molecule has 23 heavy (non-hydrogen) atoms. The summed E-state index contributed by atoms with van der Waals surface area (Å²) in [7, 11) is 0. The molecule has 3 N–H and O–H groups in total. The Kier molecular flexibility index (Phi) is 9.52. The number of carbonyl (C=O) groups excluding carboxylic acids is 1. The van der Waals surface area contributed by atoms with Crippen LogP contribution < -0.4 is 11.1 Å². The zero-order valence-corrected chi connectivity index (χ0v) is 14.8. The molecule has 1 amide bonds. The monoisotopic (exact) mass is 353 g/mol. The van der Waals surface area contributed by atoms with Crippen LogP contribution in [0, 0.1) is 0 Å². The van der Waals surface area contributed by atoms with Gasteiger partial charge >= 0.3 is 0 Å². The van der Waals surface area contributed by atoms with Crippen molar-refractivity contribution in [2.45, 2.75) is 32.1 Å². The highest BCUT2D eigenvalue weighted by molar-refractivity contribution is 7.09. The standard InChI is InChI=1S/C17H23N3OS.ClH/c18-11-10-16-20-15(13-22-16)17(21)19-12-6-2-5-9-14-7-3-1-4-8-14;/h1,3-4,7-8,13H,2,5-6,9-12,18H2,(H,19,21);1H. The fraction of sp³-hybridized carbons (Fsp3) is 0.412. The van der Waals surface area contributed by atoms with Crippen molar-refractivity contribution >= 4 is 29.7 Å². The molecule has 0 bridgehead atoms. The van der Waals surface area contributed by atoms with E-state index in [-0.39, 0.29) is 18.3 Å². The van der Waals surface area contributed by atoms with Crippen LogP contribution in [0.1, 0.15) is 40.3 Å². The number of hydrogen-bond acceptors (Lipinski definition) is 4. The van der Waals surface area contributed by atoms with Crippen LogP contribution >= 0.6 is 23.7 Å². The number of carbonyl (C=O) groups is 1. The van der Waals surface area contributed by atoms with Crippen molar-refractivity contribution in [3.8, 4) is 0 Å². The third-order valence-electron chi connectivity index (χ3n) is 3.41. The van der Waals surface area contributed by atoms with Gasteiger partial charge in [0.2, 0.25) is 0 Å². The van der Waals surface area contributed by atoms with Gasteiger partial charge in [-0.15, -0.1) is 23.7 Å². The molecule has 6 heteroatoms. The summed E-state index contributed by atoms with van der Waals surface area (Å²) in [6.07, 6.45) is 5.10. The Hall–Kier alpha value is -1.43. The molecule has 0 unspecified atom stereocenters. The lowest BCUT2D eigenvalue weighted by Crippen LogP contribution is -2.24. The van der Waals surface area contributed by atoms with Gasteiger partial charge in [-0.1, -0.05) is 36.8 Å². The predicted octanol–water partition coefficient (Wildman–Crippen LogP) is 3.21. The van der Waals surface area contributed by atoms with E-state index in [1.165, 1.54) is 16.9 Å². The van der Waals surface area contributed by atoms with Crippen LogP contribution in [-0.4, -0.2) is 24.0 Å². The number of thiazole rings is 1. The molecule has 2 rings (SSSR count). The second-order valence-electron chi connectivity index (χ2n) is 5.22. The Labute approximate surface area is 147 Å². The maximum atomic E-state index is 11.9. The fourth-order valence-corrected chi connectivity index (χ4v) is 3.02. The first-order chi connectivity index (χ1) is 10.8. The SMILES string of the molecule is Cl.NCCc1nc(C(=O)NCCCCCc2ccccc2)cs1. The maximum Gasteiger partial charge on any atom is 0.270 e. The van der Waals surface area contributed by atoms with Crippen LogP contribution in [0.2, 0.25) is 0 Å². The van der Waals surface area contributed by atoms with Gasteiger partial charge in [-0.05, 0) is 31.4 Å². The number of halogens is 1. The average Bonchev–Trinajstić information content (AvgIpc) is 3.01. The zero-order chi connectivity index (χ0) is 15.6. The molecule has 0 fully saturated rings. The van der Waals surface area contributed by atoms with Crippen molar-refractivity contribution in [1.82, 2.24) is 10.3 Å². The summed E-state index contributed by atoms with van der Waals surface area (Å²) < 4.78 is 0. The van der Waals surface area contributed by atoms with E-state index in [0.717, 1.165) is 37.1 Å². The zero-order valence-electron chi connectivity index (χ0n) is 13.2. The van der Waals surface area contributed by atoms with Gasteiger partial charge in [0.15, 0.2) is 0 Å². The van der Waals surface area contributed by atoms with Crippen LogP contribution in [0.3, 0.4) is 0 Å². The van der Waals surface area contributed by atoms with Crippen molar-refractivity contribution in [3.05, 3.63) is 52.0 Å². The van der Waals surface area contributed by atoms with E-state index in [4.69, 9.17) is 5.73 Å². The minimum Gasteiger partial charge on any atom is -0.351 e. The van der Waals surface area contributed by atoms with Crippen LogP contribution in [0.4, 0.5) is 0 Å². The third kappa shape index (κ3) is 7.12. The van der Waals surface area contributed by atoms with Gasteiger partial charge in [-0.2, -0.15) is 0 Å². The Morgan fingerprint density at radius 3 is 2.65 bits per heavy atom. The molecule has 0 spiro atoms. The summed E-state index contributed by atoms with van der Waals surface area (Å²) >= 11 is 1.50. The summed E-state index contributed by atoms with van der Waals surface area (Å²) in [5.74, 6) is -0.0809. The lowest BCUT2D eigenvalue weighted by atomic mass is 10.1. The molecule has 0 saturated carbocycles. The molecule has 0 radical (unpaired) electrons. The molecule has 1 heterocycles. The quantitative estimate of drug-likeness (QED) is 0.680. The molecule has 1 aromatic carbocycles. The number of rotatable bonds is 9. The Balaban J connectivity index is 0.00000264. The van der Waals surface area contributed by atoms with Crippen molar-refractivity contribution in [1.29, 1.82) is 0 Å². The first kappa shape index (κ1) is 19.6.